The maximum atomic E-state index is 14.0. The van der Waals surface area contributed by atoms with Crippen molar-refractivity contribution in [1.82, 2.24) is 15.6 Å². The van der Waals surface area contributed by atoms with Gasteiger partial charge in [0.15, 0.2) is 0 Å². The lowest BCUT2D eigenvalue weighted by atomic mass is 10.0. The van der Waals surface area contributed by atoms with E-state index in [2.05, 4.69) is 41.6 Å². The minimum absolute atomic E-state index is 0.128. The molecule has 2 heterocycles. The molecule has 0 spiro atoms. The molecule has 3 rings (SSSR count). The summed E-state index contributed by atoms with van der Waals surface area (Å²) in [6.45, 7) is 12.6. The summed E-state index contributed by atoms with van der Waals surface area (Å²) < 4.78 is 14.0. The van der Waals surface area contributed by atoms with Gasteiger partial charge >= 0.3 is 0 Å². The van der Waals surface area contributed by atoms with Gasteiger partial charge in [-0.3, -0.25) is 9.78 Å². The molecule has 1 unspecified atom stereocenters. The normalized spacial score (nSPS) is 16.5. The molecule has 2 N–H and O–H groups in total. The van der Waals surface area contributed by atoms with Crippen molar-refractivity contribution >= 4 is 28.1 Å². The fourth-order valence-corrected chi connectivity index (χ4v) is 5.14. The number of nitrogens with zero attached hydrogens (tertiary/aromatic N) is 1. The van der Waals surface area contributed by atoms with Gasteiger partial charge in [-0.1, -0.05) is 61.0 Å². The molecule has 1 aromatic carbocycles. The molecule has 0 saturated heterocycles. The van der Waals surface area contributed by atoms with Crippen LogP contribution < -0.4 is 10.6 Å². The Hall–Kier alpha value is -3.12. The SMILES string of the molecule is CCC(C)=C(SC(=C(C)CC)c1cccc(F)c1)C(=O)NCc1cnc(C2=CC(C)NC=C2)c(C)c1. The van der Waals surface area contributed by atoms with Gasteiger partial charge in [0.1, 0.15) is 5.82 Å². The summed E-state index contributed by atoms with van der Waals surface area (Å²) in [6.07, 6.45) is 9.52. The van der Waals surface area contributed by atoms with Crippen LogP contribution in [0.5, 0.6) is 0 Å². The molecule has 2 aromatic rings. The number of carbonyl (C=O) groups excluding carboxylic acids is 1. The van der Waals surface area contributed by atoms with Gasteiger partial charge in [0.25, 0.3) is 5.91 Å². The molecule has 0 aliphatic carbocycles. The number of aromatic nitrogens is 1. The van der Waals surface area contributed by atoms with Crippen LogP contribution in [0.4, 0.5) is 4.39 Å². The van der Waals surface area contributed by atoms with E-state index in [9.17, 15) is 9.18 Å². The van der Waals surface area contributed by atoms with E-state index in [-0.39, 0.29) is 17.8 Å². The Balaban J connectivity index is 1.79. The number of benzene rings is 1. The minimum atomic E-state index is -0.284. The summed E-state index contributed by atoms with van der Waals surface area (Å²) in [4.78, 5) is 19.6. The number of thioether (sulfide) groups is 1. The quantitative estimate of drug-likeness (QED) is 0.351. The lowest BCUT2D eigenvalue weighted by molar-refractivity contribution is -0.117. The van der Waals surface area contributed by atoms with Gasteiger partial charge in [-0.2, -0.15) is 0 Å². The van der Waals surface area contributed by atoms with E-state index < -0.39 is 0 Å². The molecule has 4 nitrogen and oxygen atoms in total. The number of hydrogen-bond acceptors (Lipinski definition) is 4. The average molecular weight is 506 g/mol. The summed E-state index contributed by atoms with van der Waals surface area (Å²) in [5.41, 5.74) is 6.96. The van der Waals surface area contributed by atoms with Crippen molar-refractivity contribution in [3.05, 3.63) is 99.1 Å². The van der Waals surface area contributed by atoms with Gasteiger partial charge in [-0.15, -0.1) is 0 Å². The number of halogens is 1. The smallest absolute Gasteiger partial charge is 0.258 e. The standard InChI is InChI=1S/C30H36FN3OS/c1-7-19(3)28(25-10-9-11-26(31)16-25)36-29(20(4)8-2)30(35)34-18-23-14-21(5)27(33-17-23)24-12-13-32-22(6)15-24/h9-17,22,32H,7-8,18H2,1-6H3,(H,34,35). The monoisotopic (exact) mass is 505 g/mol. The molecular weight excluding hydrogens is 469 g/mol. The third-order valence-electron chi connectivity index (χ3n) is 6.25. The Bertz CT molecular complexity index is 1240. The zero-order valence-electron chi connectivity index (χ0n) is 22.0. The van der Waals surface area contributed by atoms with Crippen molar-refractivity contribution in [2.24, 2.45) is 0 Å². The van der Waals surface area contributed by atoms with Crippen LogP contribution in [0.2, 0.25) is 0 Å². The van der Waals surface area contributed by atoms with Crippen molar-refractivity contribution in [2.45, 2.75) is 67.0 Å². The average Bonchev–Trinajstić information content (AvgIpc) is 2.87. The van der Waals surface area contributed by atoms with E-state index in [1.807, 2.05) is 52.2 Å². The number of amides is 1. The Labute approximate surface area is 218 Å². The number of hydrogen-bond donors (Lipinski definition) is 2. The third kappa shape index (κ3) is 6.97. The molecule has 6 heteroatoms. The van der Waals surface area contributed by atoms with Crippen LogP contribution in [0.15, 0.2) is 70.9 Å². The van der Waals surface area contributed by atoms with Gasteiger partial charge in [-0.05, 0) is 87.2 Å². The first-order valence-electron chi connectivity index (χ1n) is 12.4. The Morgan fingerprint density at radius 1 is 1.17 bits per heavy atom. The highest BCUT2D eigenvalue weighted by atomic mass is 32.2. The molecule has 1 amide bonds. The zero-order valence-corrected chi connectivity index (χ0v) is 22.9. The van der Waals surface area contributed by atoms with E-state index in [1.165, 1.54) is 23.9 Å². The highest BCUT2D eigenvalue weighted by Crippen LogP contribution is 2.39. The van der Waals surface area contributed by atoms with Gasteiger partial charge < -0.3 is 10.6 Å². The van der Waals surface area contributed by atoms with E-state index >= 15 is 0 Å². The van der Waals surface area contributed by atoms with E-state index in [1.54, 1.807) is 6.07 Å². The number of allylic oxidation sites excluding steroid dienone is 4. The second-order valence-corrected chi connectivity index (χ2v) is 10.2. The topological polar surface area (TPSA) is 54.0 Å². The maximum absolute atomic E-state index is 14.0. The van der Waals surface area contributed by atoms with Crippen LogP contribution in [-0.4, -0.2) is 16.9 Å². The van der Waals surface area contributed by atoms with Crippen molar-refractivity contribution in [2.75, 3.05) is 0 Å². The number of pyridine rings is 1. The lowest BCUT2D eigenvalue weighted by Gasteiger charge is -2.17. The van der Waals surface area contributed by atoms with E-state index in [0.29, 0.717) is 11.4 Å². The van der Waals surface area contributed by atoms with Crippen LogP contribution in [0.25, 0.3) is 10.5 Å². The predicted molar refractivity (Wildman–Crippen MR) is 150 cm³/mol. The summed E-state index contributed by atoms with van der Waals surface area (Å²) in [6, 6.07) is 8.91. The highest BCUT2D eigenvalue weighted by molar-refractivity contribution is 8.12. The molecule has 190 valence electrons. The van der Waals surface area contributed by atoms with Crippen LogP contribution in [0.1, 0.15) is 69.8 Å². The molecule has 36 heavy (non-hydrogen) atoms. The first-order chi connectivity index (χ1) is 17.2. The van der Waals surface area contributed by atoms with Crippen molar-refractivity contribution < 1.29 is 9.18 Å². The number of carbonyl (C=O) groups is 1. The number of aryl methyl sites for hydroxylation is 1. The Morgan fingerprint density at radius 3 is 2.56 bits per heavy atom. The second-order valence-electron chi connectivity index (χ2n) is 9.14. The molecule has 1 aliphatic rings. The van der Waals surface area contributed by atoms with Crippen LogP contribution in [-0.2, 0) is 11.3 Å². The molecule has 0 fully saturated rings. The van der Waals surface area contributed by atoms with Crippen molar-refractivity contribution in [1.29, 1.82) is 0 Å². The molecule has 0 radical (unpaired) electrons. The third-order valence-corrected chi connectivity index (χ3v) is 7.77. The fourth-order valence-electron chi connectivity index (χ4n) is 3.89. The first-order valence-corrected chi connectivity index (χ1v) is 13.3. The Morgan fingerprint density at radius 2 is 1.92 bits per heavy atom. The van der Waals surface area contributed by atoms with Crippen LogP contribution in [0.3, 0.4) is 0 Å². The highest BCUT2D eigenvalue weighted by Gasteiger charge is 2.19. The second kappa shape index (κ2) is 12.7. The molecule has 0 saturated carbocycles. The lowest BCUT2D eigenvalue weighted by Crippen LogP contribution is -2.24. The molecule has 1 atom stereocenters. The molecule has 1 aliphatic heterocycles. The molecular formula is C30H36FN3OS. The van der Waals surface area contributed by atoms with Crippen molar-refractivity contribution in [3.8, 4) is 0 Å². The van der Waals surface area contributed by atoms with Crippen LogP contribution >= 0.6 is 11.8 Å². The summed E-state index contributed by atoms with van der Waals surface area (Å²) in [5, 5.41) is 6.33. The van der Waals surface area contributed by atoms with Crippen molar-refractivity contribution in [3.63, 3.8) is 0 Å². The summed E-state index contributed by atoms with van der Waals surface area (Å²) in [5.74, 6) is -0.412. The molecule has 0 bridgehead atoms. The fraction of sp³-hybridized carbons (Fsp3) is 0.333. The number of dihydropyridines is 1. The van der Waals surface area contributed by atoms with Gasteiger partial charge in [0, 0.05) is 23.7 Å². The van der Waals surface area contributed by atoms with E-state index in [4.69, 9.17) is 0 Å². The predicted octanol–water partition coefficient (Wildman–Crippen LogP) is 7.29. The van der Waals surface area contributed by atoms with Crippen LogP contribution in [0, 0.1) is 12.7 Å². The zero-order chi connectivity index (χ0) is 26.2. The summed E-state index contributed by atoms with van der Waals surface area (Å²) >= 11 is 1.43. The van der Waals surface area contributed by atoms with Gasteiger partial charge in [0.05, 0.1) is 10.6 Å². The van der Waals surface area contributed by atoms with E-state index in [0.717, 1.165) is 56.9 Å². The maximum Gasteiger partial charge on any atom is 0.258 e. The number of rotatable bonds is 9. The van der Waals surface area contributed by atoms with Gasteiger partial charge in [0.2, 0.25) is 0 Å². The Kier molecular flexibility index (Phi) is 9.71. The number of nitrogens with one attached hydrogen (secondary N) is 2. The summed E-state index contributed by atoms with van der Waals surface area (Å²) in [7, 11) is 0. The largest absolute Gasteiger partial charge is 0.385 e. The minimum Gasteiger partial charge on any atom is -0.385 e. The first kappa shape index (κ1) is 27.5. The molecule has 1 aromatic heterocycles. The van der Waals surface area contributed by atoms with Gasteiger partial charge in [-0.25, -0.2) is 4.39 Å².